The Bertz CT molecular complexity index is 1060. The second-order valence-corrected chi connectivity index (χ2v) is 6.89. The Morgan fingerprint density at radius 2 is 1.85 bits per heavy atom. The van der Waals surface area contributed by atoms with Crippen LogP contribution in [0.5, 0.6) is 0 Å². The van der Waals surface area contributed by atoms with Gasteiger partial charge in [-0.05, 0) is 31.0 Å². The number of aryl methyl sites for hydroxylation is 1. The fourth-order valence-corrected chi connectivity index (χ4v) is 3.27. The number of nitrogens with zero attached hydrogens (tertiary/aromatic N) is 1. The van der Waals surface area contributed by atoms with Crippen molar-refractivity contribution in [2.75, 3.05) is 0 Å². The molecule has 0 saturated heterocycles. The molecule has 1 atom stereocenters. The molecular weight excluding hydrogens is 326 g/mol. The van der Waals surface area contributed by atoms with Gasteiger partial charge in [-0.3, -0.25) is 4.79 Å². The number of fused-ring (bicyclic) bond motifs is 2. The number of furan rings is 1. The van der Waals surface area contributed by atoms with E-state index in [-0.39, 0.29) is 17.9 Å². The monoisotopic (exact) mass is 347 g/mol. The first-order valence-electron chi connectivity index (χ1n) is 8.78. The molecule has 26 heavy (non-hydrogen) atoms. The van der Waals surface area contributed by atoms with Crippen molar-refractivity contribution < 1.29 is 9.21 Å². The normalized spacial score (nSPS) is 12.8. The third kappa shape index (κ3) is 2.75. The molecule has 0 spiro atoms. The number of carbonyl (C=O) groups is 1. The Kier molecular flexibility index (Phi) is 3.99. The van der Waals surface area contributed by atoms with Crippen molar-refractivity contribution in [1.82, 2.24) is 15.3 Å². The number of aromatic nitrogens is 2. The van der Waals surface area contributed by atoms with Gasteiger partial charge in [-0.25, -0.2) is 4.98 Å². The van der Waals surface area contributed by atoms with E-state index in [1.54, 1.807) is 0 Å². The molecule has 0 aliphatic rings. The molecule has 0 radical (unpaired) electrons. The number of carbonyl (C=O) groups excluding carboxylic acids is 1. The summed E-state index contributed by atoms with van der Waals surface area (Å²) in [6.07, 6.45) is 0. The summed E-state index contributed by atoms with van der Waals surface area (Å²) in [4.78, 5) is 20.9. The molecule has 4 rings (SSSR count). The third-order valence-electron chi connectivity index (χ3n) is 4.71. The SMILES string of the molecule is Cc1c(C(=O)NC(c2nc3ccccc3[nH]2)C(C)C)oc2ccccc12. The largest absolute Gasteiger partial charge is 0.451 e. The molecule has 4 aromatic rings. The number of nitrogens with one attached hydrogen (secondary N) is 2. The predicted molar refractivity (Wildman–Crippen MR) is 102 cm³/mol. The Hall–Kier alpha value is -3.08. The van der Waals surface area contributed by atoms with Gasteiger partial charge in [0.05, 0.1) is 17.1 Å². The Morgan fingerprint density at radius 1 is 1.12 bits per heavy atom. The summed E-state index contributed by atoms with van der Waals surface area (Å²) < 4.78 is 5.79. The lowest BCUT2D eigenvalue weighted by Gasteiger charge is -2.19. The highest BCUT2D eigenvalue weighted by Crippen LogP contribution is 2.27. The standard InChI is InChI=1S/C21H21N3O2/c1-12(2)18(20-22-15-9-5-6-10-16(15)23-20)24-21(25)19-13(3)14-8-4-7-11-17(14)26-19/h4-12,18H,1-3H3,(H,22,23)(H,24,25). The highest BCUT2D eigenvalue weighted by Gasteiger charge is 2.25. The van der Waals surface area contributed by atoms with Crippen LogP contribution in [0.2, 0.25) is 0 Å². The first kappa shape index (κ1) is 16.4. The Balaban J connectivity index is 1.67. The van der Waals surface area contributed by atoms with Crippen LogP contribution in [0.3, 0.4) is 0 Å². The van der Waals surface area contributed by atoms with Crippen molar-refractivity contribution >= 4 is 27.9 Å². The van der Waals surface area contributed by atoms with Gasteiger partial charge in [0.1, 0.15) is 11.4 Å². The summed E-state index contributed by atoms with van der Waals surface area (Å²) in [5, 5.41) is 4.05. The van der Waals surface area contributed by atoms with Crippen molar-refractivity contribution in [2.45, 2.75) is 26.8 Å². The van der Waals surface area contributed by atoms with E-state index in [2.05, 4.69) is 29.1 Å². The minimum absolute atomic E-state index is 0.171. The molecular formula is C21H21N3O2. The molecule has 0 saturated carbocycles. The summed E-state index contributed by atoms with van der Waals surface area (Å²) in [7, 11) is 0. The van der Waals surface area contributed by atoms with Crippen LogP contribution < -0.4 is 5.32 Å². The van der Waals surface area contributed by atoms with Gasteiger partial charge in [-0.1, -0.05) is 44.2 Å². The van der Waals surface area contributed by atoms with Crippen LogP contribution in [0.25, 0.3) is 22.0 Å². The maximum absolute atomic E-state index is 12.9. The molecule has 5 nitrogen and oxygen atoms in total. The zero-order valence-electron chi connectivity index (χ0n) is 15.0. The van der Waals surface area contributed by atoms with Crippen molar-refractivity contribution in [3.05, 3.63) is 65.7 Å². The Labute approximate surface area is 151 Å². The summed E-state index contributed by atoms with van der Waals surface area (Å²) in [6, 6.07) is 15.3. The van der Waals surface area contributed by atoms with Gasteiger partial charge in [-0.2, -0.15) is 0 Å². The molecule has 0 bridgehead atoms. The van der Waals surface area contributed by atoms with Crippen LogP contribution in [0.1, 0.15) is 41.8 Å². The first-order chi connectivity index (χ1) is 12.5. The van der Waals surface area contributed by atoms with Gasteiger partial charge in [0.15, 0.2) is 5.76 Å². The number of H-pyrrole nitrogens is 1. The third-order valence-corrected chi connectivity index (χ3v) is 4.71. The van der Waals surface area contributed by atoms with Gasteiger partial charge in [0, 0.05) is 10.9 Å². The number of aromatic amines is 1. The van der Waals surface area contributed by atoms with E-state index in [1.165, 1.54) is 0 Å². The molecule has 1 amide bonds. The van der Waals surface area contributed by atoms with E-state index in [1.807, 2.05) is 55.5 Å². The van der Waals surface area contributed by atoms with Crippen LogP contribution in [-0.4, -0.2) is 15.9 Å². The molecule has 5 heteroatoms. The maximum Gasteiger partial charge on any atom is 0.287 e. The van der Waals surface area contributed by atoms with E-state index in [4.69, 9.17) is 4.42 Å². The lowest BCUT2D eigenvalue weighted by Crippen LogP contribution is -2.32. The molecule has 2 heterocycles. The molecule has 0 aliphatic carbocycles. The predicted octanol–water partition coefficient (Wildman–Crippen LogP) is 4.74. The topological polar surface area (TPSA) is 70.9 Å². The Morgan fingerprint density at radius 3 is 2.58 bits per heavy atom. The van der Waals surface area contributed by atoms with Crippen molar-refractivity contribution in [3.8, 4) is 0 Å². The number of hydrogen-bond donors (Lipinski definition) is 2. The van der Waals surface area contributed by atoms with Gasteiger partial charge >= 0.3 is 0 Å². The van der Waals surface area contributed by atoms with Gasteiger partial charge in [0.2, 0.25) is 0 Å². The van der Waals surface area contributed by atoms with E-state index >= 15 is 0 Å². The van der Waals surface area contributed by atoms with E-state index in [0.717, 1.165) is 33.4 Å². The van der Waals surface area contributed by atoms with Crippen LogP contribution in [0.4, 0.5) is 0 Å². The number of para-hydroxylation sites is 3. The average Bonchev–Trinajstić information content (AvgIpc) is 3.21. The molecule has 2 aromatic heterocycles. The van der Waals surface area contributed by atoms with Gasteiger partial charge < -0.3 is 14.7 Å². The molecule has 132 valence electrons. The van der Waals surface area contributed by atoms with Crippen molar-refractivity contribution in [2.24, 2.45) is 5.92 Å². The van der Waals surface area contributed by atoms with Crippen LogP contribution >= 0.6 is 0 Å². The number of amides is 1. The molecule has 2 N–H and O–H groups in total. The van der Waals surface area contributed by atoms with Crippen LogP contribution in [0, 0.1) is 12.8 Å². The molecule has 0 fully saturated rings. The molecule has 2 aromatic carbocycles. The molecule has 0 aliphatic heterocycles. The number of rotatable bonds is 4. The summed E-state index contributed by atoms with van der Waals surface area (Å²) in [6.45, 7) is 6.03. The summed E-state index contributed by atoms with van der Waals surface area (Å²) >= 11 is 0. The van der Waals surface area contributed by atoms with Gasteiger partial charge in [0.25, 0.3) is 5.91 Å². The summed E-state index contributed by atoms with van der Waals surface area (Å²) in [5.41, 5.74) is 3.43. The van der Waals surface area contributed by atoms with Crippen LogP contribution in [0.15, 0.2) is 52.9 Å². The second-order valence-electron chi connectivity index (χ2n) is 6.89. The minimum atomic E-state index is -0.234. The van der Waals surface area contributed by atoms with E-state index in [9.17, 15) is 4.79 Å². The smallest absolute Gasteiger partial charge is 0.287 e. The fraction of sp³-hybridized carbons (Fsp3) is 0.238. The lowest BCUT2D eigenvalue weighted by molar-refractivity contribution is 0.0896. The van der Waals surface area contributed by atoms with Crippen molar-refractivity contribution in [3.63, 3.8) is 0 Å². The minimum Gasteiger partial charge on any atom is -0.451 e. The lowest BCUT2D eigenvalue weighted by atomic mass is 10.0. The number of hydrogen-bond acceptors (Lipinski definition) is 3. The summed E-state index contributed by atoms with van der Waals surface area (Å²) in [5.74, 6) is 1.05. The van der Waals surface area contributed by atoms with E-state index < -0.39 is 0 Å². The highest BCUT2D eigenvalue weighted by molar-refractivity contribution is 5.99. The molecule has 1 unspecified atom stereocenters. The number of imidazole rings is 1. The van der Waals surface area contributed by atoms with E-state index in [0.29, 0.717) is 5.76 Å². The second kappa shape index (κ2) is 6.33. The highest BCUT2D eigenvalue weighted by atomic mass is 16.3. The zero-order valence-corrected chi connectivity index (χ0v) is 15.0. The quantitative estimate of drug-likeness (QED) is 0.560. The average molecular weight is 347 g/mol. The van der Waals surface area contributed by atoms with Crippen molar-refractivity contribution in [1.29, 1.82) is 0 Å². The maximum atomic E-state index is 12.9. The van der Waals surface area contributed by atoms with Gasteiger partial charge in [-0.15, -0.1) is 0 Å². The first-order valence-corrected chi connectivity index (χ1v) is 8.78. The number of benzene rings is 2. The fourth-order valence-electron chi connectivity index (χ4n) is 3.27. The van der Waals surface area contributed by atoms with Crippen LogP contribution in [-0.2, 0) is 0 Å². The zero-order chi connectivity index (χ0) is 18.3.